The smallest absolute Gasteiger partial charge is 0.340 e. The number of nitrogens with zero attached hydrogens (tertiary/aromatic N) is 2. The van der Waals surface area contributed by atoms with Crippen molar-refractivity contribution in [3.63, 3.8) is 0 Å². The van der Waals surface area contributed by atoms with Crippen molar-refractivity contribution in [1.82, 2.24) is 4.98 Å². The number of aromatic nitrogens is 1. The Hall–Kier alpha value is -3.85. The lowest BCUT2D eigenvalue weighted by atomic mass is 10.0. The number of rotatable bonds is 9. The summed E-state index contributed by atoms with van der Waals surface area (Å²) in [4.78, 5) is 16.5. The van der Waals surface area contributed by atoms with Crippen LogP contribution < -0.4 is 9.47 Å². The molecule has 0 spiro atoms. The van der Waals surface area contributed by atoms with Gasteiger partial charge in [-0.25, -0.2) is 4.79 Å². The highest BCUT2D eigenvalue weighted by Gasteiger charge is 2.16. The lowest BCUT2D eigenvalue weighted by Gasteiger charge is -2.11. The van der Waals surface area contributed by atoms with Gasteiger partial charge in [-0.3, -0.25) is 4.98 Å². The molecular formula is C25H24N2O4. The van der Waals surface area contributed by atoms with Crippen LogP contribution in [0.25, 0.3) is 11.3 Å². The molecule has 0 saturated carbocycles. The summed E-state index contributed by atoms with van der Waals surface area (Å²) >= 11 is 0. The largest absolute Gasteiger partial charge is 0.497 e. The maximum Gasteiger partial charge on any atom is 0.340 e. The van der Waals surface area contributed by atoms with Gasteiger partial charge in [0.1, 0.15) is 17.6 Å². The van der Waals surface area contributed by atoms with Crippen molar-refractivity contribution in [3.8, 4) is 28.8 Å². The Balaban J connectivity index is 1.68. The van der Waals surface area contributed by atoms with Gasteiger partial charge in [-0.1, -0.05) is 12.1 Å². The van der Waals surface area contributed by atoms with Crippen LogP contribution in [0.3, 0.4) is 0 Å². The number of aryl methyl sites for hydroxylation is 1. The maximum atomic E-state index is 12.2. The van der Waals surface area contributed by atoms with Crippen molar-refractivity contribution in [2.75, 3.05) is 20.3 Å². The monoisotopic (exact) mass is 416 g/mol. The van der Waals surface area contributed by atoms with E-state index >= 15 is 0 Å². The predicted molar refractivity (Wildman–Crippen MR) is 117 cm³/mol. The average Bonchev–Trinajstić information content (AvgIpc) is 2.82. The van der Waals surface area contributed by atoms with E-state index in [1.165, 1.54) is 5.56 Å². The highest BCUT2D eigenvalue weighted by molar-refractivity contribution is 5.96. The molecule has 3 rings (SSSR count). The average molecular weight is 416 g/mol. The Kier molecular flexibility index (Phi) is 7.61. The summed E-state index contributed by atoms with van der Waals surface area (Å²) < 4.78 is 16.1. The number of nitriles is 1. The van der Waals surface area contributed by atoms with Crippen LogP contribution in [0, 0.1) is 11.3 Å². The Morgan fingerprint density at radius 1 is 1.13 bits per heavy atom. The molecule has 31 heavy (non-hydrogen) atoms. The molecule has 3 aromatic rings. The molecule has 0 aliphatic heterocycles. The number of methoxy groups -OCH3 is 1. The minimum absolute atomic E-state index is 0.278. The van der Waals surface area contributed by atoms with Gasteiger partial charge in [-0.15, -0.1) is 0 Å². The number of carbonyl (C=O) groups excluding carboxylic acids is 1. The van der Waals surface area contributed by atoms with E-state index in [1.807, 2.05) is 24.3 Å². The molecule has 158 valence electrons. The fraction of sp³-hybridized carbons (Fsp3) is 0.240. The molecule has 2 aromatic carbocycles. The van der Waals surface area contributed by atoms with Crippen LogP contribution in [0.4, 0.5) is 0 Å². The van der Waals surface area contributed by atoms with Gasteiger partial charge < -0.3 is 14.2 Å². The molecule has 6 heteroatoms. The van der Waals surface area contributed by atoms with Gasteiger partial charge in [-0.2, -0.15) is 5.26 Å². The first kappa shape index (κ1) is 21.8. The first-order valence-electron chi connectivity index (χ1n) is 10.1. The van der Waals surface area contributed by atoms with Gasteiger partial charge in [0, 0.05) is 11.8 Å². The zero-order valence-electron chi connectivity index (χ0n) is 17.6. The van der Waals surface area contributed by atoms with Crippen LogP contribution >= 0.6 is 0 Å². The normalized spacial score (nSPS) is 10.2. The molecule has 0 atom stereocenters. The Labute approximate surface area is 182 Å². The van der Waals surface area contributed by atoms with Gasteiger partial charge in [-0.05, 0) is 67.8 Å². The molecule has 0 saturated heterocycles. The van der Waals surface area contributed by atoms with Gasteiger partial charge in [0.05, 0.1) is 37.1 Å². The van der Waals surface area contributed by atoms with Crippen molar-refractivity contribution >= 4 is 5.97 Å². The van der Waals surface area contributed by atoms with Crippen molar-refractivity contribution in [2.45, 2.75) is 19.8 Å². The van der Waals surface area contributed by atoms with E-state index in [1.54, 1.807) is 50.6 Å². The summed E-state index contributed by atoms with van der Waals surface area (Å²) in [5.41, 5.74) is 3.08. The second-order valence-electron chi connectivity index (χ2n) is 6.74. The maximum absolute atomic E-state index is 12.2. The number of hydrogen-bond donors (Lipinski definition) is 0. The second kappa shape index (κ2) is 10.8. The molecule has 1 heterocycles. The molecule has 0 aliphatic rings. The Bertz CT molecular complexity index is 1070. The lowest BCUT2D eigenvalue weighted by molar-refractivity contribution is 0.0527. The quantitative estimate of drug-likeness (QED) is 0.368. The summed E-state index contributed by atoms with van der Waals surface area (Å²) in [6.07, 6.45) is 3.28. The number of esters is 1. The fourth-order valence-electron chi connectivity index (χ4n) is 3.15. The molecular weight excluding hydrogens is 392 g/mol. The van der Waals surface area contributed by atoms with E-state index in [0.717, 1.165) is 18.6 Å². The summed E-state index contributed by atoms with van der Waals surface area (Å²) in [7, 11) is 1.65. The highest BCUT2D eigenvalue weighted by Crippen LogP contribution is 2.28. The minimum atomic E-state index is -0.442. The van der Waals surface area contributed by atoms with Gasteiger partial charge in [0.25, 0.3) is 0 Å². The van der Waals surface area contributed by atoms with Crippen molar-refractivity contribution in [1.29, 1.82) is 5.26 Å². The first-order valence-corrected chi connectivity index (χ1v) is 10.1. The standard InChI is InChI=1S/C25H24N2O4/c1-3-30-25(28)22-7-4-14-27-24(22)19-10-13-23(20(16-19)17-26)31-15-5-6-18-8-11-21(29-2)12-9-18/h4,7-14,16H,3,5-6,15H2,1-2H3. The van der Waals surface area contributed by atoms with Crippen LogP contribution in [0.5, 0.6) is 11.5 Å². The topological polar surface area (TPSA) is 81.4 Å². The molecule has 0 bridgehead atoms. The fourth-order valence-corrected chi connectivity index (χ4v) is 3.15. The van der Waals surface area contributed by atoms with Crippen LogP contribution in [0.2, 0.25) is 0 Å². The van der Waals surface area contributed by atoms with Crippen LogP contribution in [-0.2, 0) is 11.2 Å². The third kappa shape index (κ3) is 5.61. The van der Waals surface area contributed by atoms with Crippen LogP contribution in [-0.4, -0.2) is 31.3 Å². The summed E-state index contributed by atoms with van der Waals surface area (Å²) in [5.74, 6) is 0.898. The molecule has 1 aromatic heterocycles. The molecule has 0 amide bonds. The number of hydrogen-bond acceptors (Lipinski definition) is 6. The Morgan fingerprint density at radius 3 is 2.65 bits per heavy atom. The van der Waals surface area contributed by atoms with Crippen molar-refractivity contribution < 1.29 is 19.0 Å². The first-order chi connectivity index (χ1) is 15.2. The Morgan fingerprint density at radius 2 is 1.94 bits per heavy atom. The van der Waals surface area contributed by atoms with E-state index in [-0.39, 0.29) is 6.61 Å². The summed E-state index contributed by atoms with van der Waals surface area (Å²) in [6, 6.07) is 18.7. The minimum Gasteiger partial charge on any atom is -0.497 e. The molecule has 6 nitrogen and oxygen atoms in total. The molecule has 0 fully saturated rings. The van der Waals surface area contributed by atoms with E-state index < -0.39 is 5.97 Å². The van der Waals surface area contributed by atoms with Crippen LogP contribution in [0.15, 0.2) is 60.8 Å². The van der Waals surface area contributed by atoms with Gasteiger partial charge >= 0.3 is 5.97 Å². The van der Waals surface area contributed by atoms with Crippen molar-refractivity contribution in [2.24, 2.45) is 0 Å². The van der Waals surface area contributed by atoms with Gasteiger partial charge in [0.2, 0.25) is 0 Å². The SMILES string of the molecule is CCOC(=O)c1cccnc1-c1ccc(OCCCc2ccc(OC)cc2)c(C#N)c1. The number of carbonyl (C=O) groups is 1. The van der Waals surface area contributed by atoms with Crippen LogP contribution in [0.1, 0.15) is 34.8 Å². The van der Waals surface area contributed by atoms with E-state index in [4.69, 9.17) is 14.2 Å². The lowest BCUT2D eigenvalue weighted by Crippen LogP contribution is -2.07. The zero-order chi connectivity index (χ0) is 22.1. The number of benzene rings is 2. The second-order valence-corrected chi connectivity index (χ2v) is 6.74. The zero-order valence-corrected chi connectivity index (χ0v) is 17.6. The highest BCUT2D eigenvalue weighted by atomic mass is 16.5. The predicted octanol–water partition coefficient (Wildman–Crippen LogP) is 4.82. The number of ether oxygens (including phenoxy) is 3. The van der Waals surface area contributed by atoms with Crippen molar-refractivity contribution in [3.05, 3.63) is 77.5 Å². The molecule has 0 aliphatic carbocycles. The van der Waals surface area contributed by atoms with E-state index in [0.29, 0.717) is 34.7 Å². The summed E-state index contributed by atoms with van der Waals surface area (Å²) in [6.45, 7) is 2.51. The molecule has 0 radical (unpaired) electrons. The molecule has 0 N–H and O–H groups in total. The number of pyridine rings is 1. The van der Waals surface area contributed by atoms with E-state index in [2.05, 4.69) is 11.1 Å². The molecule has 0 unspecified atom stereocenters. The third-order valence-electron chi connectivity index (χ3n) is 4.70. The summed E-state index contributed by atoms with van der Waals surface area (Å²) in [5, 5.41) is 9.58. The van der Waals surface area contributed by atoms with E-state index in [9.17, 15) is 10.1 Å². The van der Waals surface area contributed by atoms with Gasteiger partial charge in [0.15, 0.2) is 0 Å². The third-order valence-corrected chi connectivity index (χ3v) is 4.70.